The van der Waals surface area contributed by atoms with Crippen molar-refractivity contribution in [3.05, 3.63) is 78.8 Å². The molecule has 2 heterocycles. The minimum atomic E-state index is 0.227. The summed E-state index contributed by atoms with van der Waals surface area (Å²) in [6.07, 6.45) is 10.4. The van der Waals surface area contributed by atoms with Crippen molar-refractivity contribution in [3.63, 3.8) is 0 Å². The van der Waals surface area contributed by atoms with E-state index in [9.17, 15) is 5.11 Å². The highest BCUT2D eigenvalue weighted by atomic mass is 16.3. The van der Waals surface area contributed by atoms with Crippen LogP contribution in [0.15, 0.2) is 73.2 Å². The molecule has 0 spiro atoms. The minimum Gasteiger partial charge on any atom is -0.508 e. The third kappa shape index (κ3) is 3.81. The first kappa shape index (κ1) is 20.4. The third-order valence-corrected chi connectivity index (χ3v) is 5.33. The van der Waals surface area contributed by atoms with Crippen molar-refractivity contribution in [2.24, 2.45) is 0 Å². The summed E-state index contributed by atoms with van der Waals surface area (Å²) in [5.74, 6) is 1.00. The molecule has 1 aliphatic rings. The fraction of sp³-hybridized carbons (Fsp3) is 0.250. The fourth-order valence-electron chi connectivity index (χ4n) is 3.92. The van der Waals surface area contributed by atoms with Crippen LogP contribution in [0.25, 0.3) is 16.7 Å². The van der Waals surface area contributed by atoms with Crippen molar-refractivity contribution in [2.45, 2.75) is 39.0 Å². The van der Waals surface area contributed by atoms with Gasteiger partial charge >= 0.3 is 0 Å². The number of hydrogen-bond donors (Lipinski definition) is 2. The zero-order valence-corrected chi connectivity index (χ0v) is 17.1. The van der Waals surface area contributed by atoms with Gasteiger partial charge in [0.15, 0.2) is 5.82 Å². The lowest BCUT2D eigenvalue weighted by Gasteiger charge is -2.24. The first-order valence-corrected chi connectivity index (χ1v) is 10.00. The van der Waals surface area contributed by atoms with Gasteiger partial charge in [-0.1, -0.05) is 39.2 Å². The summed E-state index contributed by atoms with van der Waals surface area (Å²) in [5.41, 5.74) is 12.5. The molecule has 150 valence electrons. The number of rotatable bonds is 4. The van der Waals surface area contributed by atoms with E-state index < -0.39 is 0 Å². The van der Waals surface area contributed by atoms with E-state index in [1.807, 2.05) is 42.7 Å². The number of nitrogens with zero attached hydrogens (tertiary/aromatic N) is 3. The molecule has 1 aliphatic carbocycles. The smallest absolute Gasteiger partial charge is 0.151 e. The molecule has 0 saturated carbocycles. The molecule has 4 rings (SSSR count). The Kier molecular flexibility index (Phi) is 6.17. The Balaban J connectivity index is 0.00000117. The summed E-state index contributed by atoms with van der Waals surface area (Å²) in [4.78, 5) is 8.73. The van der Waals surface area contributed by atoms with Crippen LogP contribution in [0, 0.1) is 0 Å². The molecule has 0 aliphatic heterocycles. The molecule has 1 aromatic carbocycles. The Morgan fingerprint density at radius 3 is 2.45 bits per heavy atom. The first-order chi connectivity index (χ1) is 14.1. The van der Waals surface area contributed by atoms with Crippen LogP contribution in [-0.2, 0) is 0 Å². The highest BCUT2D eigenvalue weighted by Crippen LogP contribution is 2.41. The number of nitrogen functional groups attached to an aromatic ring is 1. The maximum absolute atomic E-state index is 9.60. The van der Waals surface area contributed by atoms with Crippen LogP contribution in [-0.4, -0.2) is 19.6 Å². The van der Waals surface area contributed by atoms with Gasteiger partial charge in [0.25, 0.3) is 0 Å². The van der Waals surface area contributed by atoms with Gasteiger partial charge in [-0.05, 0) is 60.6 Å². The molecule has 1 unspecified atom stereocenters. The fourth-order valence-corrected chi connectivity index (χ4v) is 3.92. The van der Waals surface area contributed by atoms with Crippen molar-refractivity contribution in [1.29, 1.82) is 0 Å². The molecule has 0 fully saturated rings. The molecular formula is C24H28N4O. The number of nitrogens with two attached hydrogens (primary N) is 1. The van der Waals surface area contributed by atoms with Gasteiger partial charge in [0.1, 0.15) is 17.6 Å². The van der Waals surface area contributed by atoms with Crippen LogP contribution in [0.4, 0.5) is 5.82 Å². The summed E-state index contributed by atoms with van der Waals surface area (Å²) < 4.78 is 2.01. The Morgan fingerprint density at radius 2 is 1.79 bits per heavy atom. The molecule has 29 heavy (non-hydrogen) atoms. The number of fused-ring (bicyclic) bond motifs is 1. The van der Waals surface area contributed by atoms with Crippen LogP contribution >= 0.6 is 0 Å². The van der Waals surface area contributed by atoms with Gasteiger partial charge in [-0.25, -0.2) is 9.97 Å². The van der Waals surface area contributed by atoms with Crippen LogP contribution in [0.1, 0.15) is 44.6 Å². The largest absolute Gasteiger partial charge is 0.508 e. The second-order valence-electron chi connectivity index (χ2n) is 6.83. The van der Waals surface area contributed by atoms with Gasteiger partial charge < -0.3 is 15.4 Å². The zero-order valence-electron chi connectivity index (χ0n) is 17.1. The van der Waals surface area contributed by atoms with Crippen LogP contribution in [0.2, 0.25) is 0 Å². The zero-order chi connectivity index (χ0) is 21.0. The van der Waals surface area contributed by atoms with Crippen LogP contribution in [0.5, 0.6) is 5.75 Å². The highest BCUT2D eigenvalue weighted by Gasteiger charge is 2.25. The molecular weight excluding hydrogens is 360 g/mol. The van der Waals surface area contributed by atoms with Crippen LogP contribution in [0.3, 0.4) is 0 Å². The third-order valence-electron chi connectivity index (χ3n) is 5.33. The SMILES string of the molecule is C=CC1=C(C=C)CC(c2cn(-c3ccc(O)cc3)c3c(N)ncnc23)CC1.CC. The van der Waals surface area contributed by atoms with E-state index >= 15 is 0 Å². The predicted molar refractivity (Wildman–Crippen MR) is 120 cm³/mol. The quantitative estimate of drug-likeness (QED) is 0.603. The lowest BCUT2D eigenvalue weighted by Crippen LogP contribution is -2.07. The first-order valence-electron chi connectivity index (χ1n) is 10.00. The topological polar surface area (TPSA) is 77.0 Å². The van der Waals surface area contributed by atoms with E-state index in [2.05, 4.69) is 29.3 Å². The van der Waals surface area contributed by atoms with Gasteiger partial charge in [-0.15, -0.1) is 0 Å². The van der Waals surface area contributed by atoms with Gasteiger partial charge in [0, 0.05) is 17.4 Å². The van der Waals surface area contributed by atoms with E-state index in [1.54, 1.807) is 12.1 Å². The monoisotopic (exact) mass is 388 g/mol. The molecule has 5 heteroatoms. The van der Waals surface area contributed by atoms with Crippen molar-refractivity contribution in [1.82, 2.24) is 14.5 Å². The Bertz CT molecular complexity index is 1060. The van der Waals surface area contributed by atoms with E-state index in [0.717, 1.165) is 41.5 Å². The number of phenolic OH excluding ortho intramolecular Hbond substituents is 1. The number of aromatic nitrogens is 3. The normalized spacial score (nSPS) is 16.3. The number of hydrogen-bond acceptors (Lipinski definition) is 4. The van der Waals surface area contributed by atoms with Gasteiger partial charge in [-0.2, -0.15) is 0 Å². The van der Waals surface area contributed by atoms with Crippen molar-refractivity contribution >= 4 is 16.9 Å². The van der Waals surface area contributed by atoms with E-state index in [1.165, 1.54) is 17.5 Å². The minimum absolute atomic E-state index is 0.227. The van der Waals surface area contributed by atoms with Crippen molar-refractivity contribution in [3.8, 4) is 11.4 Å². The molecule has 0 radical (unpaired) electrons. The molecule has 0 saturated heterocycles. The van der Waals surface area contributed by atoms with E-state index in [0.29, 0.717) is 11.7 Å². The second kappa shape index (κ2) is 8.78. The summed E-state index contributed by atoms with van der Waals surface area (Å²) in [6.45, 7) is 11.9. The van der Waals surface area contributed by atoms with E-state index in [-0.39, 0.29) is 5.75 Å². The van der Waals surface area contributed by atoms with Gasteiger partial charge in [0.05, 0.1) is 5.52 Å². The summed E-state index contributed by atoms with van der Waals surface area (Å²) in [6, 6.07) is 7.04. The molecule has 3 aromatic rings. The molecule has 5 nitrogen and oxygen atoms in total. The molecule has 2 aromatic heterocycles. The Labute approximate surface area is 171 Å². The number of aromatic hydroxyl groups is 1. The van der Waals surface area contributed by atoms with E-state index in [4.69, 9.17) is 5.73 Å². The van der Waals surface area contributed by atoms with Gasteiger partial charge in [0.2, 0.25) is 0 Å². The predicted octanol–water partition coefficient (Wildman–Crippen LogP) is 5.67. The molecule has 0 amide bonds. The van der Waals surface area contributed by atoms with Crippen molar-refractivity contribution in [2.75, 3.05) is 5.73 Å². The maximum Gasteiger partial charge on any atom is 0.151 e. The maximum atomic E-state index is 9.60. The lowest BCUT2D eigenvalue weighted by molar-refractivity contribution is 0.475. The Morgan fingerprint density at radius 1 is 1.10 bits per heavy atom. The van der Waals surface area contributed by atoms with Crippen LogP contribution < -0.4 is 5.73 Å². The Hall–Kier alpha value is -3.34. The van der Waals surface area contributed by atoms with Gasteiger partial charge in [-0.3, -0.25) is 0 Å². The lowest BCUT2D eigenvalue weighted by atomic mass is 9.80. The number of phenols is 1. The molecule has 1 atom stereocenters. The molecule has 0 bridgehead atoms. The summed E-state index contributed by atoms with van der Waals surface area (Å²) >= 11 is 0. The highest BCUT2D eigenvalue weighted by molar-refractivity contribution is 5.90. The number of benzene rings is 1. The van der Waals surface area contributed by atoms with Crippen molar-refractivity contribution < 1.29 is 5.11 Å². The number of allylic oxidation sites excluding steroid dienone is 4. The number of anilines is 1. The molecule has 3 N–H and O–H groups in total. The average Bonchev–Trinajstić information content (AvgIpc) is 3.16. The standard InChI is InChI=1S/C22H22N4O.C2H6/c1-3-14-5-6-16(11-15(14)4-2)19-12-26(17-7-9-18(27)10-8-17)21-20(19)24-13-25-22(21)23;1-2/h3-4,7-10,12-13,16,27H,1-2,5-6,11H2,(H2,23,24,25);1-2H3. The average molecular weight is 389 g/mol. The second-order valence-corrected chi connectivity index (χ2v) is 6.83. The summed E-state index contributed by atoms with van der Waals surface area (Å²) in [7, 11) is 0. The summed E-state index contributed by atoms with van der Waals surface area (Å²) in [5, 5.41) is 9.60.